The molecule has 3 heteroatoms. The lowest BCUT2D eigenvalue weighted by molar-refractivity contribution is 0.140. The molecule has 0 aliphatic heterocycles. The van der Waals surface area contributed by atoms with Gasteiger partial charge in [-0.25, -0.2) is 0 Å². The maximum absolute atomic E-state index is 9.16. The van der Waals surface area contributed by atoms with E-state index in [4.69, 9.17) is 10.4 Å². The lowest BCUT2D eigenvalue weighted by atomic mass is 9.89. The van der Waals surface area contributed by atoms with Gasteiger partial charge >= 0.3 is 0 Å². The molecule has 0 aromatic carbocycles. The van der Waals surface area contributed by atoms with Crippen LogP contribution in [0.3, 0.4) is 0 Å². The standard InChI is InChI=1S/C12H24N2O/c1-11(15)9-14(4)8-6-5-7-12(2,3)10-13/h11,15H,5-9H2,1-4H3. The third-order valence-corrected chi connectivity index (χ3v) is 2.47. The molecule has 0 aliphatic carbocycles. The summed E-state index contributed by atoms with van der Waals surface area (Å²) in [5.74, 6) is 0. The molecule has 0 aromatic rings. The Hall–Kier alpha value is -0.590. The van der Waals surface area contributed by atoms with Gasteiger partial charge in [0.15, 0.2) is 0 Å². The summed E-state index contributed by atoms with van der Waals surface area (Å²) in [5, 5.41) is 18.0. The zero-order valence-electron chi connectivity index (χ0n) is 10.5. The van der Waals surface area contributed by atoms with Crippen molar-refractivity contribution >= 4 is 0 Å². The van der Waals surface area contributed by atoms with E-state index in [0.29, 0.717) is 0 Å². The maximum Gasteiger partial charge on any atom is 0.0683 e. The van der Waals surface area contributed by atoms with Gasteiger partial charge in [0.2, 0.25) is 0 Å². The Balaban J connectivity index is 3.51. The van der Waals surface area contributed by atoms with Crippen LogP contribution < -0.4 is 0 Å². The van der Waals surface area contributed by atoms with Crippen molar-refractivity contribution in [2.45, 2.75) is 46.1 Å². The van der Waals surface area contributed by atoms with Gasteiger partial charge in [-0.1, -0.05) is 6.42 Å². The van der Waals surface area contributed by atoms with Crippen LogP contribution in [0.1, 0.15) is 40.0 Å². The SMILES string of the molecule is CC(O)CN(C)CCCCC(C)(C)C#N. The summed E-state index contributed by atoms with van der Waals surface area (Å²) in [6, 6.07) is 2.31. The average molecular weight is 212 g/mol. The maximum atomic E-state index is 9.16. The smallest absolute Gasteiger partial charge is 0.0683 e. The quantitative estimate of drug-likeness (QED) is 0.657. The van der Waals surface area contributed by atoms with Crippen LogP contribution >= 0.6 is 0 Å². The largest absolute Gasteiger partial charge is 0.392 e. The Bertz CT molecular complexity index is 206. The number of rotatable bonds is 7. The van der Waals surface area contributed by atoms with Gasteiger partial charge in [0.25, 0.3) is 0 Å². The van der Waals surface area contributed by atoms with E-state index in [2.05, 4.69) is 11.0 Å². The predicted molar refractivity (Wildman–Crippen MR) is 62.4 cm³/mol. The van der Waals surface area contributed by atoms with E-state index < -0.39 is 0 Å². The molecule has 0 saturated carbocycles. The van der Waals surface area contributed by atoms with Gasteiger partial charge in [-0.3, -0.25) is 0 Å². The molecule has 0 saturated heterocycles. The van der Waals surface area contributed by atoms with E-state index in [-0.39, 0.29) is 11.5 Å². The first-order chi connectivity index (χ1) is 6.87. The van der Waals surface area contributed by atoms with Crippen molar-refractivity contribution in [3.05, 3.63) is 0 Å². The van der Waals surface area contributed by atoms with Crippen molar-refractivity contribution in [1.82, 2.24) is 4.90 Å². The van der Waals surface area contributed by atoms with E-state index in [0.717, 1.165) is 32.4 Å². The summed E-state index contributed by atoms with van der Waals surface area (Å²) >= 11 is 0. The summed E-state index contributed by atoms with van der Waals surface area (Å²) in [7, 11) is 2.02. The third-order valence-electron chi connectivity index (χ3n) is 2.47. The molecule has 0 rings (SSSR count). The molecule has 0 aliphatic rings. The monoisotopic (exact) mass is 212 g/mol. The Labute approximate surface area is 93.7 Å². The minimum absolute atomic E-state index is 0.192. The highest BCUT2D eigenvalue weighted by Crippen LogP contribution is 2.21. The summed E-state index contributed by atoms with van der Waals surface area (Å²) in [6.45, 7) is 7.47. The molecule has 0 radical (unpaired) electrons. The zero-order chi connectivity index (χ0) is 11.9. The number of hydrogen-bond acceptors (Lipinski definition) is 3. The topological polar surface area (TPSA) is 47.3 Å². The predicted octanol–water partition coefficient (Wildman–Crippen LogP) is 2.02. The van der Waals surface area contributed by atoms with Crippen molar-refractivity contribution in [3.8, 4) is 6.07 Å². The molecule has 1 unspecified atom stereocenters. The molecule has 0 aromatic heterocycles. The van der Waals surface area contributed by atoms with Crippen molar-refractivity contribution in [2.24, 2.45) is 5.41 Å². The molecule has 3 nitrogen and oxygen atoms in total. The second-order valence-electron chi connectivity index (χ2n) is 5.06. The molecule has 88 valence electrons. The summed E-state index contributed by atoms with van der Waals surface area (Å²) in [5.41, 5.74) is -0.192. The molecule has 15 heavy (non-hydrogen) atoms. The molecular weight excluding hydrogens is 188 g/mol. The van der Waals surface area contributed by atoms with Crippen LogP contribution in [0.15, 0.2) is 0 Å². The van der Waals surface area contributed by atoms with E-state index >= 15 is 0 Å². The Morgan fingerprint density at radius 3 is 2.47 bits per heavy atom. The molecule has 0 bridgehead atoms. The van der Waals surface area contributed by atoms with Crippen molar-refractivity contribution in [2.75, 3.05) is 20.1 Å². The molecule has 0 amide bonds. The fraction of sp³-hybridized carbons (Fsp3) is 0.917. The van der Waals surface area contributed by atoms with Gasteiger partial charge in [0.1, 0.15) is 0 Å². The molecular formula is C12H24N2O. The number of hydrogen-bond donors (Lipinski definition) is 1. The van der Waals surface area contributed by atoms with E-state index in [1.165, 1.54) is 0 Å². The van der Waals surface area contributed by atoms with Gasteiger partial charge in [0.05, 0.1) is 17.6 Å². The van der Waals surface area contributed by atoms with Crippen LogP contribution in [0, 0.1) is 16.7 Å². The van der Waals surface area contributed by atoms with Gasteiger partial charge < -0.3 is 10.0 Å². The zero-order valence-corrected chi connectivity index (χ0v) is 10.5. The Morgan fingerprint density at radius 2 is 2.00 bits per heavy atom. The molecule has 1 N–H and O–H groups in total. The first-order valence-corrected chi connectivity index (χ1v) is 5.65. The minimum Gasteiger partial charge on any atom is -0.392 e. The van der Waals surface area contributed by atoms with E-state index in [1.807, 2.05) is 20.9 Å². The highest BCUT2D eigenvalue weighted by atomic mass is 16.3. The minimum atomic E-state index is -0.259. The number of aliphatic hydroxyl groups is 1. The van der Waals surface area contributed by atoms with Crippen LogP contribution in [-0.4, -0.2) is 36.2 Å². The molecule has 0 fully saturated rings. The summed E-state index contributed by atoms with van der Waals surface area (Å²) in [6.07, 6.45) is 2.86. The lowest BCUT2D eigenvalue weighted by Gasteiger charge is -2.19. The molecule has 1 atom stereocenters. The number of likely N-dealkylation sites (N-methyl/N-ethyl adjacent to an activating group) is 1. The second-order valence-corrected chi connectivity index (χ2v) is 5.06. The molecule has 0 heterocycles. The first-order valence-electron chi connectivity index (χ1n) is 5.65. The second kappa shape index (κ2) is 6.81. The van der Waals surface area contributed by atoms with Gasteiger partial charge in [-0.05, 0) is 47.2 Å². The normalized spacial score (nSPS) is 13.9. The fourth-order valence-corrected chi connectivity index (χ4v) is 1.55. The van der Waals surface area contributed by atoms with Crippen LogP contribution in [0.4, 0.5) is 0 Å². The highest BCUT2D eigenvalue weighted by molar-refractivity contribution is 4.91. The number of nitriles is 1. The summed E-state index contributed by atoms with van der Waals surface area (Å²) < 4.78 is 0. The van der Waals surface area contributed by atoms with Crippen LogP contribution in [0.5, 0.6) is 0 Å². The van der Waals surface area contributed by atoms with Gasteiger partial charge in [-0.2, -0.15) is 5.26 Å². The van der Waals surface area contributed by atoms with Gasteiger partial charge in [-0.15, -0.1) is 0 Å². The fourth-order valence-electron chi connectivity index (χ4n) is 1.55. The van der Waals surface area contributed by atoms with Crippen molar-refractivity contribution < 1.29 is 5.11 Å². The third kappa shape index (κ3) is 8.41. The van der Waals surface area contributed by atoms with E-state index in [1.54, 1.807) is 6.92 Å². The number of unbranched alkanes of at least 4 members (excludes halogenated alkanes) is 1. The number of nitrogens with zero attached hydrogens (tertiary/aromatic N) is 2. The number of aliphatic hydroxyl groups excluding tert-OH is 1. The lowest BCUT2D eigenvalue weighted by Crippen LogP contribution is -2.28. The average Bonchev–Trinajstić information content (AvgIpc) is 2.11. The van der Waals surface area contributed by atoms with Gasteiger partial charge in [0, 0.05) is 6.54 Å². The van der Waals surface area contributed by atoms with Crippen LogP contribution in [-0.2, 0) is 0 Å². The van der Waals surface area contributed by atoms with E-state index in [9.17, 15) is 0 Å². The Kier molecular flexibility index (Phi) is 6.55. The Morgan fingerprint density at radius 1 is 1.40 bits per heavy atom. The van der Waals surface area contributed by atoms with Crippen molar-refractivity contribution in [1.29, 1.82) is 5.26 Å². The van der Waals surface area contributed by atoms with Crippen LogP contribution in [0.25, 0.3) is 0 Å². The highest BCUT2D eigenvalue weighted by Gasteiger charge is 2.15. The first kappa shape index (κ1) is 14.4. The van der Waals surface area contributed by atoms with Crippen molar-refractivity contribution in [3.63, 3.8) is 0 Å². The molecule has 0 spiro atoms. The van der Waals surface area contributed by atoms with Crippen LogP contribution in [0.2, 0.25) is 0 Å². The summed E-state index contributed by atoms with van der Waals surface area (Å²) in [4.78, 5) is 2.13.